The second-order valence-electron chi connectivity index (χ2n) is 2.76. The van der Waals surface area contributed by atoms with Crippen LogP contribution in [-0.4, -0.2) is 48.9 Å². The van der Waals surface area contributed by atoms with E-state index in [0.29, 0.717) is 0 Å². The Labute approximate surface area is 89.6 Å². The van der Waals surface area contributed by atoms with Gasteiger partial charge in [-0.25, -0.2) is 4.18 Å². The Hall–Kier alpha value is -0.220. The van der Waals surface area contributed by atoms with E-state index in [1.54, 1.807) is 0 Å². The van der Waals surface area contributed by atoms with Gasteiger partial charge in [-0.1, -0.05) is 0 Å². The standard InChI is InChI=1S/C6H14O7S2/c1-6(13-15(3,9)10)11-4-5-12-14(2,7)8/h6H,4-5H2,1-3H3. The third-order valence-corrected chi connectivity index (χ3v) is 2.26. The first-order valence-corrected chi connectivity index (χ1v) is 7.58. The molecule has 0 aliphatic heterocycles. The predicted octanol–water partition coefficient (Wildman–Crippen LogP) is -0.699. The molecule has 0 aromatic heterocycles. The molecule has 0 aliphatic rings. The summed E-state index contributed by atoms with van der Waals surface area (Å²) in [6.07, 6.45) is 0.826. The van der Waals surface area contributed by atoms with E-state index >= 15 is 0 Å². The van der Waals surface area contributed by atoms with Crippen molar-refractivity contribution in [1.82, 2.24) is 0 Å². The lowest BCUT2D eigenvalue weighted by Crippen LogP contribution is -2.20. The van der Waals surface area contributed by atoms with E-state index in [-0.39, 0.29) is 13.2 Å². The van der Waals surface area contributed by atoms with Crippen LogP contribution in [0.2, 0.25) is 0 Å². The molecule has 7 nitrogen and oxygen atoms in total. The van der Waals surface area contributed by atoms with Gasteiger partial charge in [-0.2, -0.15) is 16.8 Å². The van der Waals surface area contributed by atoms with Crippen molar-refractivity contribution >= 4 is 20.2 Å². The van der Waals surface area contributed by atoms with Gasteiger partial charge in [-0.3, -0.25) is 4.18 Å². The van der Waals surface area contributed by atoms with Gasteiger partial charge in [0, 0.05) is 0 Å². The lowest BCUT2D eigenvalue weighted by atomic mass is 10.7. The van der Waals surface area contributed by atoms with E-state index in [0.717, 1.165) is 12.5 Å². The van der Waals surface area contributed by atoms with Gasteiger partial charge in [0.2, 0.25) is 0 Å². The molecule has 0 fully saturated rings. The summed E-state index contributed by atoms with van der Waals surface area (Å²) in [5.41, 5.74) is 0. The van der Waals surface area contributed by atoms with Gasteiger partial charge in [0.15, 0.2) is 6.29 Å². The van der Waals surface area contributed by atoms with Gasteiger partial charge >= 0.3 is 0 Å². The van der Waals surface area contributed by atoms with E-state index in [2.05, 4.69) is 8.37 Å². The maximum absolute atomic E-state index is 10.6. The Morgan fingerprint density at radius 3 is 1.93 bits per heavy atom. The highest BCUT2D eigenvalue weighted by atomic mass is 32.2. The molecule has 0 radical (unpaired) electrons. The SMILES string of the molecule is CC(OCCOS(C)(=O)=O)OS(C)(=O)=O. The molecule has 0 aliphatic carbocycles. The van der Waals surface area contributed by atoms with Crippen LogP contribution in [-0.2, 0) is 33.3 Å². The minimum absolute atomic E-state index is 0.0796. The average Bonchev–Trinajstić information content (AvgIpc) is 1.92. The van der Waals surface area contributed by atoms with Gasteiger partial charge in [-0.05, 0) is 6.92 Å². The maximum Gasteiger partial charge on any atom is 0.266 e. The molecule has 0 aromatic carbocycles. The lowest BCUT2D eigenvalue weighted by Gasteiger charge is -2.11. The third-order valence-electron chi connectivity index (χ3n) is 1.04. The molecule has 0 saturated heterocycles. The van der Waals surface area contributed by atoms with Crippen molar-refractivity contribution in [2.75, 3.05) is 25.7 Å². The molecule has 0 spiro atoms. The summed E-state index contributed by atoms with van der Waals surface area (Å²) in [5, 5.41) is 0. The number of hydrogen-bond acceptors (Lipinski definition) is 7. The van der Waals surface area contributed by atoms with Crippen LogP contribution in [0.5, 0.6) is 0 Å². The van der Waals surface area contributed by atoms with Crippen molar-refractivity contribution < 1.29 is 29.9 Å². The van der Waals surface area contributed by atoms with Gasteiger partial charge in [-0.15, -0.1) is 0 Å². The molecule has 15 heavy (non-hydrogen) atoms. The lowest BCUT2D eigenvalue weighted by molar-refractivity contribution is -0.0693. The fraction of sp³-hybridized carbons (Fsp3) is 1.00. The van der Waals surface area contributed by atoms with Crippen molar-refractivity contribution in [2.45, 2.75) is 13.2 Å². The van der Waals surface area contributed by atoms with E-state index in [1.807, 2.05) is 0 Å². The second kappa shape index (κ2) is 5.75. The van der Waals surface area contributed by atoms with E-state index in [4.69, 9.17) is 4.74 Å². The summed E-state index contributed by atoms with van der Waals surface area (Å²) in [5.74, 6) is 0. The topological polar surface area (TPSA) is 96.0 Å². The van der Waals surface area contributed by atoms with Crippen LogP contribution in [0.15, 0.2) is 0 Å². The highest BCUT2D eigenvalue weighted by Crippen LogP contribution is 1.99. The van der Waals surface area contributed by atoms with Crippen LogP contribution in [0.3, 0.4) is 0 Å². The molecule has 0 heterocycles. The highest BCUT2D eigenvalue weighted by molar-refractivity contribution is 7.86. The summed E-state index contributed by atoms with van der Waals surface area (Å²) in [7, 11) is -7.07. The number of ether oxygens (including phenoxy) is 1. The minimum atomic E-state index is -3.57. The van der Waals surface area contributed by atoms with Crippen molar-refractivity contribution in [3.05, 3.63) is 0 Å². The fourth-order valence-electron chi connectivity index (χ4n) is 0.673. The third kappa shape index (κ3) is 11.7. The largest absolute Gasteiger partial charge is 0.349 e. The van der Waals surface area contributed by atoms with Crippen LogP contribution in [0.4, 0.5) is 0 Å². The monoisotopic (exact) mass is 262 g/mol. The fourth-order valence-corrected chi connectivity index (χ4v) is 1.59. The highest BCUT2D eigenvalue weighted by Gasteiger charge is 2.10. The van der Waals surface area contributed by atoms with E-state index in [9.17, 15) is 16.8 Å². The molecular formula is C6H14O7S2. The van der Waals surface area contributed by atoms with Crippen molar-refractivity contribution in [1.29, 1.82) is 0 Å². The maximum atomic E-state index is 10.6. The first-order chi connectivity index (χ1) is 6.60. The first-order valence-electron chi connectivity index (χ1n) is 3.94. The average molecular weight is 262 g/mol. The number of hydrogen-bond donors (Lipinski definition) is 0. The molecule has 92 valence electrons. The Balaban J connectivity index is 3.70. The molecule has 0 aromatic rings. The minimum Gasteiger partial charge on any atom is -0.349 e. The van der Waals surface area contributed by atoms with E-state index in [1.165, 1.54) is 6.92 Å². The van der Waals surface area contributed by atoms with Crippen LogP contribution in [0, 0.1) is 0 Å². The molecule has 0 rings (SSSR count). The Kier molecular flexibility index (Phi) is 5.67. The van der Waals surface area contributed by atoms with Crippen LogP contribution in [0.25, 0.3) is 0 Å². The number of rotatable bonds is 7. The first kappa shape index (κ1) is 14.8. The van der Waals surface area contributed by atoms with E-state index < -0.39 is 26.5 Å². The van der Waals surface area contributed by atoms with Gasteiger partial charge in [0.05, 0.1) is 25.7 Å². The Bertz CT molecular complexity index is 368. The Morgan fingerprint density at radius 1 is 1.00 bits per heavy atom. The van der Waals surface area contributed by atoms with Gasteiger partial charge in [0.25, 0.3) is 20.2 Å². The molecule has 0 amide bonds. The normalized spacial score (nSPS) is 15.1. The van der Waals surface area contributed by atoms with Gasteiger partial charge in [0.1, 0.15) is 0 Å². The van der Waals surface area contributed by atoms with Crippen LogP contribution in [0.1, 0.15) is 6.92 Å². The summed E-state index contributed by atoms with van der Waals surface area (Å²) in [4.78, 5) is 0. The smallest absolute Gasteiger partial charge is 0.266 e. The molecule has 1 unspecified atom stereocenters. The zero-order valence-electron chi connectivity index (χ0n) is 8.67. The van der Waals surface area contributed by atoms with Gasteiger partial charge < -0.3 is 4.74 Å². The van der Waals surface area contributed by atoms with Crippen LogP contribution < -0.4 is 0 Å². The zero-order chi connectivity index (χ0) is 12.1. The zero-order valence-corrected chi connectivity index (χ0v) is 10.3. The summed E-state index contributed by atoms with van der Waals surface area (Å²) < 4.78 is 55.8. The second-order valence-corrected chi connectivity index (χ2v) is 6.01. The molecule has 9 heteroatoms. The Morgan fingerprint density at radius 2 is 1.53 bits per heavy atom. The molecule has 0 N–H and O–H groups in total. The predicted molar refractivity (Wildman–Crippen MR) is 52.1 cm³/mol. The van der Waals surface area contributed by atoms with Crippen molar-refractivity contribution in [3.63, 3.8) is 0 Å². The summed E-state index contributed by atoms with van der Waals surface area (Å²) in [6, 6.07) is 0. The van der Waals surface area contributed by atoms with Crippen LogP contribution >= 0.6 is 0 Å². The summed E-state index contributed by atoms with van der Waals surface area (Å²) >= 11 is 0. The molecule has 0 saturated carbocycles. The molecule has 0 bridgehead atoms. The van der Waals surface area contributed by atoms with Crippen molar-refractivity contribution in [2.24, 2.45) is 0 Å². The molecule has 1 atom stereocenters. The quantitative estimate of drug-likeness (QED) is 0.340. The summed E-state index contributed by atoms with van der Waals surface area (Å²) in [6.45, 7) is 1.11. The van der Waals surface area contributed by atoms with Crippen molar-refractivity contribution in [3.8, 4) is 0 Å². The molecular weight excluding hydrogens is 248 g/mol.